The van der Waals surface area contributed by atoms with Crippen LogP contribution in [0.2, 0.25) is 0 Å². The van der Waals surface area contributed by atoms with Crippen molar-refractivity contribution < 1.29 is 18.8 Å². The Morgan fingerprint density at radius 1 is 1.04 bits per heavy atom. The molecule has 0 unspecified atom stereocenters. The maximum absolute atomic E-state index is 11.6. The number of carbonyl (C=O) groups excluding carboxylic acids is 1. The van der Waals surface area contributed by atoms with E-state index in [1.54, 1.807) is 31.4 Å². The van der Waals surface area contributed by atoms with Crippen LogP contribution in [0.1, 0.15) is 29.5 Å². The summed E-state index contributed by atoms with van der Waals surface area (Å²) in [6.07, 6.45) is 0.483. The first-order valence-corrected chi connectivity index (χ1v) is 7.92. The summed E-state index contributed by atoms with van der Waals surface area (Å²) in [7, 11) is 1.61. The van der Waals surface area contributed by atoms with Gasteiger partial charge in [0.15, 0.2) is 12.4 Å². The molecule has 0 fully saturated rings. The zero-order valence-corrected chi connectivity index (χ0v) is 14.1. The number of ether oxygens (including phenoxy) is 2. The lowest BCUT2D eigenvalue weighted by Gasteiger charge is -2.04. The molecule has 0 aliphatic carbocycles. The largest absolute Gasteiger partial charge is 0.497 e. The van der Waals surface area contributed by atoms with Gasteiger partial charge in [-0.15, -0.1) is 0 Å². The molecule has 6 heteroatoms. The lowest BCUT2D eigenvalue weighted by Crippen LogP contribution is -1.99. The maximum atomic E-state index is 11.6. The van der Waals surface area contributed by atoms with Crippen LogP contribution in [0.3, 0.4) is 0 Å². The van der Waals surface area contributed by atoms with Crippen LogP contribution in [-0.2, 0) is 6.61 Å². The Hall–Kier alpha value is -3.15. The Kier molecular flexibility index (Phi) is 5.09. The minimum Gasteiger partial charge on any atom is -0.497 e. The Balaban J connectivity index is 1.62. The van der Waals surface area contributed by atoms with Gasteiger partial charge in [0.2, 0.25) is 5.82 Å². The zero-order valence-electron chi connectivity index (χ0n) is 14.1. The summed E-state index contributed by atoms with van der Waals surface area (Å²) in [6.45, 7) is 2.02. The van der Waals surface area contributed by atoms with Crippen LogP contribution >= 0.6 is 0 Å². The molecule has 3 aromatic rings. The fraction of sp³-hybridized carbons (Fsp3) is 0.211. The molecule has 0 saturated carbocycles. The topological polar surface area (TPSA) is 74.5 Å². The number of rotatable bonds is 7. The summed E-state index contributed by atoms with van der Waals surface area (Å²) in [5.41, 5.74) is 1.48. The van der Waals surface area contributed by atoms with Crippen LogP contribution in [0.25, 0.3) is 11.5 Å². The van der Waals surface area contributed by atoms with Gasteiger partial charge in [0.25, 0.3) is 5.89 Å². The molecular formula is C19H18N2O4. The second-order valence-electron chi connectivity index (χ2n) is 5.33. The molecule has 1 aromatic heterocycles. The van der Waals surface area contributed by atoms with Crippen molar-refractivity contribution in [2.24, 2.45) is 0 Å². The monoisotopic (exact) mass is 338 g/mol. The molecule has 3 rings (SSSR count). The highest BCUT2D eigenvalue weighted by atomic mass is 16.5. The molecular weight excluding hydrogens is 320 g/mol. The number of methoxy groups -OCH3 is 1. The number of aromatic nitrogens is 2. The molecule has 0 spiro atoms. The minimum atomic E-state index is 0.105. The number of nitrogens with zero attached hydrogens (tertiary/aromatic N) is 2. The number of carbonyl (C=O) groups is 1. The third-order valence-electron chi connectivity index (χ3n) is 3.67. The van der Waals surface area contributed by atoms with Gasteiger partial charge in [0, 0.05) is 17.5 Å². The van der Waals surface area contributed by atoms with Gasteiger partial charge in [0.1, 0.15) is 11.5 Å². The molecule has 0 N–H and O–H groups in total. The van der Waals surface area contributed by atoms with Crippen LogP contribution in [0.5, 0.6) is 11.5 Å². The fourth-order valence-electron chi connectivity index (χ4n) is 2.25. The van der Waals surface area contributed by atoms with Crippen LogP contribution in [0.15, 0.2) is 53.1 Å². The number of Topliss-reactive ketones (excluding diaryl/α,β-unsaturated/α-hetero) is 1. The van der Waals surface area contributed by atoms with Crippen LogP contribution in [0.4, 0.5) is 0 Å². The highest BCUT2D eigenvalue weighted by Crippen LogP contribution is 2.21. The van der Waals surface area contributed by atoms with Crippen LogP contribution in [-0.4, -0.2) is 23.0 Å². The van der Waals surface area contributed by atoms with Gasteiger partial charge in [-0.25, -0.2) is 0 Å². The van der Waals surface area contributed by atoms with Crippen molar-refractivity contribution in [2.75, 3.05) is 7.11 Å². The third kappa shape index (κ3) is 4.03. The molecule has 128 valence electrons. The van der Waals surface area contributed by atoms with E-state index in [4.69, 9.17) is 14.0 Å². The van der Waals surface area contributed by atoms with Crippen molar-refractivity contribution in [1.29, 1.82) is 0 Å². The average molecular weight is 338 g/mol. The molecule has 0 radical (unpaired) electrons. The predicted octanol–water partition coefficient (Wildman–Crippen LogP) is 3.92. The Bertz CT molecular complexity index is 839. The van der Waals surface area contributed by atoms with E-state index in [9.17, 15) is 4.79 Å². The van der Waals surface area contributed by atoms with E-state index in [2.05, 4.69) is 10.1 Å². The van der Waals surface area contributed by atoms with Crippen molar-refractivity contribution in [3.05, 3.63) is 59.9 Å². The highest BCUT2D eigenvalue weighted by molar-refractivity contribution is 5.95. The second-order valence-corrected chi connectivity index (χ2v) is 5.33. The van der Waals surface area contributed by atoms with Crippen LogP contribution < -0.4 is 9.47 Å². The van der Waals surface area contributed by atoms with Crippen molar-refractivity contribution in [3.63, 3.8) is 0 Å². The van der Waals surface area contributed by atoms with E-state index in [-0.39, 0.29) is 12.4 Å². The van der Waals surface area contributed by atoms with Crippen molar-refractivity contribution in [2.45, 2.75) is 20.0 Å². The van der Waals surface area contributed by atoms with E-state index >= 15 is 0 Å². The molecule has 25 heavy (non-hydrogen) atoms. The third-order valence-corrected chi connectivity index (χ3v) is 3.67. The first-order valence-electron chi connectivity index (χ1n) is 7.92. The van der Waals surface area contributed by atoms with Gasteiger partial charge in [-0.1, -0.05) is 12.1 Å². The van der Waals surface area contributed by atoms with E-state index in [0.29, 0.717) is 29.4 Å². The zero-order chi connectivity index (χ0) is 17.6. The maximum Gasteiger partial charge on any atom is 0.258 e. The van der Waals surface area contributed by atoms with E-state index in [1.165, 1.54) is 0 Å². The quantitative estimate of drug-likeness (QED) is 0.608. The lowest BCUT2D eigenvalue weighted by atomic mass is 10.1. The van der Waals surface area contributed by atoms with E-state index in [1.807, 2.05) is 31.2 Å². The van der Waals surface area contributed by atoms with Gasteiger partial charge in [-0.2, -0.15) is 4.98 Å². The summed E-state index contributed by atoms with van der Waals surface area (Å²) in [6, 6.07) is 14.4. The van der Waals surface area contributed by atoms with Gasteiger partial charge < -0.3 is 14.0 Å². The fourth-order valence-corrected chi connectivity index (χ4v) is 2.25. The summed E-state index contributed by atoms with van der Waals surface area (Å²) in [5.74, 6) is 2.37. The number of ketones is 1. The first kappa shape index (κ1) is 16.7. The molecule has 0 aliphatic heterocycles. The van der Waals surface area contributed by atoms with E-state index < -0.39 is 0 Å². The summed E-state index contributed by atoms with van der Waals surface area (Å²) in [4.78, 5) is 15.9. The van der Waals surface area contributed by atoms with Gasteiger partial charge >= 0.3 is 0 Å². The molecule has 2 aromatic carbocycles. The molecule has 0 amide bonds. The minimum absolute atomic E-state index is 0.105. The highest BCUT2D eigenvalue weighted by Gasteiger charge is 2.10. The molecule has 0 atom stereocenters. The van der Waals surface area contributed by atoms with Gasteiger partial charge in [-0.3, -0.25) is 4.79 Å². The standard InChI is InChI=1S/C19H18N2O4/c1-3-17(22)13-4-10-16(11-5-13)24-12-18-20-19(25-21-18)14-6-8-15(23-2)9-7-14/h4-11H,3,12H2,1-2H3. The molecule has 0 saturated heterocycles. The average Bonchev–Trinajstić information content (AvgIpc) is 3.15. The summed E-state index contributed by atoms with van der Waals surface area (Å²) in [5, 5.41) is 3.91. The lowest BCUT2D eigenvalue weighted by molar-refractivity contribution is 0.0988. The summed E-state index contributed by atoms with van der Waals surface area (Å²) < 4.78 is 16.0. The number of hydrogen-bond acceptors (Lipinski definition) is 6. The Morgan fingerprint density at radius 3 is 2.36 bits per heavy atom. The molecule has 6 nitrogen and oxygen atoms in total. The number of benzene rings is 2. The predicted molar refractivity (Wildman–Crippen MR) is 91.7 cm³/mol. The Morgan fingerprint density at radius 2 is 1.72 bits per heavy atom. The normalized spacial score (nSPS) is 10.5. The van der Waals surface area contributed by atoms with Crippen molar-refractivity contribution in [3.8, 4) is 23.0 Å². The molecule has 0 bridgehead atoms. The van der Waals surface area contributed by atoms with Crippen molar-refractivity contribution in [1.82, 2.24) is 10.1 Å². The SMILES string of the molecule is CCC(=O)c1ccc(OCc2noc(-c3ccc(OC)cc3)n2)cc1. The van der Waals surface area contributed by atoms with E-state index in [0.717, 1.165) is 11.3 Å². The smallest absolute Gasteiger partial charge is 0.258 e. The molecule has 0 aliphatic rings. The number of hydrogen-bond donors (Lipinski definition) is 0. The van der Waals surface area contributed by atoms with Crippen LogP contribution in [0, 0.1) is 0 Å². The Labute approximate surface area is 145 Å². The summed E-state index contributed by atoms with van der Waals surface area (Å²) >= 11 is 0. The van der Waals surface area contributed by atoms with Gasteiger partial charge in [0.05, 0.1) is 7.11 Å². The van der Waals surface area contributed by atoms with Gasteiger partial charge in [-0.05, 0) is 48.5 Å². The molecule has 1 heterocycles. The first-order chi connectivity index (χ1) is 12.2. The van der Waals surface area contributed by atoms with Crippen molar-refractivity contribution >= 4 is 5.78 Å². The second kappa shape index (κ2) is 7.61.